The van der Waals surface area contributed by atoms with Crippen LogP contribution in [0.25, 0.3) is 0 Å². The number of nitrogens with one attached hydrogen (secondary N) is 1. The summed E-state index contributed by atoms with van der Waals surface area (Å²) in [6, 6.07) is 8.90. The lowest BCUT2D eigenvalue weighted by molar-refractivity contribution is 0.0934. The molecule has 0 fully saturated rings. The summed E-state index contributed by atoms with van der Waals surface area (Å²) in [7, 11) is 0. The van der Waals surface area contributed by atoms with Gasteiger partial charge in [0.05, 0.1) is 11.7 Å². The molecule has 2 aromatic rings. The molecule has 0 radical (unpaired) electrons. The highest BCUT2D eigenvalue weighted by Crippen LogP contribution is 2.09. The first-order chi connectivity index (χ1) is 9.20. The Bertz CT molecular complexity index is 539. The summed E-state index contributed by atoms with van der Waals surface area (Å²) in [4.78, 5) is 20.3. The number of aromatic nitrogens is 2. The molecule has 5 nitrogen and oxygen atoms in total. The maximum Gasteiger partial charge on any atom is 0.270 e. The fourth-order valence-corrected chi connectivity index (χ4v) is 1.66. The molecular formula is C14H16N4O. The van der Waals surface area contributed by atoms with E-state index in [0.29, 0.717) is 12.2 Å². The van der Waals surface area contributed by atoms with Gasteiger partial charge in [-0.2, -0.15) is 0 Å². The summed E-state index contributed by atoms with van der Waals surface area (Å²) < 4.78 is 0. The van der Waals surface area contributed by atoms with Crippen molar-refractivity contribution in [1.82, 2.24) is 15.3 Å². The molecule has 19 heavy (non-hydrogen) atoms. The zero-order chi connectivity index (χ0) is 13.7. The summed E-state index contributed by atoms with van der Waals surface area (Å²) in [5.41, 5.74) is 7.57. The van der Waals surface area contributed by atoms with Crippen LogP contribution in [0.15, 0.2) is 42.7 Å². The molecule has 3 N–H and O–H groups in total. The summed E-state index contributed by atoms with van der Waals surface area (Å²) in [5, 5.41) is 2.85. The van der Waals surface area contributed by atoms with Gasteiger partial charge in [0.2, 0.25) is 0 Å². The number of nitrogens with zero attached hydrogens (tertiary/aromatic N) is 2. The molecule has 2 aromatic heterocycles. The predicted molar refractivity (Wildman–Crippen MR) is 72.2 cm³/mol. The van der Waals surface area contributed by atoms with Crippen LogP contribution in [0.5, 0.6) is 0 Å². The zero-order valence-electron chi connectivity index (χ0n) is 10.7. The third-order valence-corrected chi connectivity index (χ3v) is 2.77. The molecule has 0 bridgehead atoms. The zero-order valence-corrected chi connectivity index (χ0v) is 10.7. The van der Waals surface area contributed by atoms with Crippen molar-refractivity contribution in [2.75, 3.05) is 0 Å². The second-order valence-corrected chi connectivity index (χ2v) is 4.21. The van der Waals surface area contributed by atoms with Crippen LogP contribution in [0.2, 0.25) is 0 Å². The third kappa shape index (κ3) is 3.35. The van der Waals surface area contributed by atoms with E-state index in [2.05, 4.69) is 15.3 Å². The maximum atomic E-state index is 12.0. The Morgan fingerprint density at radius 3 is 2.74 bits per heavy atom. The van der Waals surface area contributed by atoms with Crippen molar-refractivity contribution in [3.05, 3.63) is 59.7 Å². The van der Waals surface area contributed by atoms with E-state index >= 15 is 0 Å². The average molecular weight is 256 g/mol. The van der Waals surface area contributed by atoms with Gasteiger partial charge in [-0.25, -0.2) is 0 Å². The van der Waals surface area contributed by atoms with Gasteiger partial charge in [-0.15, -0.1) is 0 Å². The molecular weight excluding hydrogens is 240 g/mol. The molecule has 0 aromatic carbocycles. The molecule has 5 heteroatoms. The average Bonchev–Trinajstić information content (AvgIpc) is 2.48. The normalized spacial score (nSPS) is 11.9. The Balaban J connectivity index is 2.04. The number of carbonyl (C=O) groups excluding carboxylic acids is 1. The predicted octanol–water partition coefficient (Wildman–Crippen LogP) is 1.43. The first kappa shape index (κ1) is 13.2. The Kier molecular flexibility index (Phi) is 4.20. The molecule has 0 aliphatic heterocycles. The highest BCUT2D eigenvalue weighted by atomic mass is 16.1. The summed E-state index contributed by atoms with van der Waals surface area (Å²) in [6.07, 6.45) is 3.31. The largest absolute Gasteiger partial charge is 0.343 e. The molecule has 0 aliphatic rings. The minimum absolute atomic E-state index is 0.162. The highest BCUT2D eigenvalue weighted by molar-refractivity contribution is 5.92. The lowest BCUT2D eigenvalue weighted by Gasteiger charge is -2.12. The van der Waals surface area contributed by atoms with E-state index < -0.39 is 0 Å². The number of nitrogens with two attached hydrogens (primary N) is 1. The second-order valence-electron chi connectivity index (χ2n) is 4.21. The molecule has 1 atom stereocenters. The fraction of sp³-hybridized carbons (Fsp3) is 0.214. The first-order valence-electron chi connectivity index (χ1n) is 6.07. The lowest BCUT2D eigenvalue weighted by atomic mass is 10.2. The van der Waals surface area contributed by atoms with Crippen LogP contribution in [0, 0.1) is 0 Å². The number of hydrogen-bond acceptors (Lipinski definition) is 4. The van der Waals surface area contributed by atoms with Crippen LogP contribution in [0.1, 0.15) is 34.7 Å². The molecule has 98 valence electrons. The molecule has 1 amide bonds. The Morgan fingerprint density at radius 1 is 1.32 bits per heavy atom. The number of rotatable bonds is 4. The van der Waals surface area contributed by atoms with E-state index in [0.717, 1.165) is 11.3 Å². The van der Waals surface area contributed by atoms with Crippen LogP contribution >= 0.6 is 0 Å². The van der Waals surface area contributed by atoms with E-state index in [1.807, 2.05) is 25.1 Å². The number of hydrogen-bond donors (Lipinski definition) is 2. The number of carbonyl (C=O) groups is 1. The summed E-state index contributed by atoms with van der Waals surface area (Å²) >= 11 is 0. The molecule has 0 saturated heterocycles. The number of pyridine rings is 2. The Morgan fingerprint density at radius 2 is 2.16 bits per heavy atom. The molecule has 2 rings (SSSR count). The number of amides is 1. The van der Waals surface area contributed by atoms with E-state index in [1.165, 1.54) is 0 Å². The lowest BCUT2D eigenvalue weighted by Crippen LogP contribution is -2.27. The van der Waals surface area contributed by atoms with Gasteiger partial charge in [0.25, 0.3) is 5.91 Å². The third-order valence-electron chi connectivity index (χ3n) is 2.77. The second kappa shape index (κ2) is 6.06. The van der Waals surface area contributed by atoms with Crippen molar-refractivity contribution >= 4 is 5.91 Å². The van der Waals surface area contributed by atoms with Gasteiger partial charge < -0.3 is 11.1 Å². The monoisotopic (exact) mass is 256 g/mol. The van der Waals surface area contributed by atoms with E-state index in [4.69, 9.17) is 5.73 Å². The van der Waals surface area contributed by atoms with Crippen LogP contribution in [-0.4, -0.2) is 15.9 Å². The van der Waals surface area contributed by atoms with Crippen molar-refractivity contribution in [3.63, 3.8) is 0 Å². The van der Waals surface area contributed by atoms with Crippen LogP contribution in [0.3, 0.4) is 0 Å². The van der Waals surface area contributed by atoms with Gasteiger partial charge in [0.15, 0.2) is 0 Å². The van der Waals surface area contributed by atoms with Crippen molar-refractivity contribution < 1.29 is 4.79 Å². The summed E-state index contributed by atoms with van der Waals surface area (Å²) in [6.45, 7) is 2.30. The smallest absolute Gasteiger partial charge is 0.270 e. The van der Waals surface area contributed by atoms with Gasteiger partial charge in [-0.1, -0.05) is 12.1 Å². The quantitative estimate of drug-likeness (QED) is 0.867. The van der Waals surface area contributed by atoms with Crippen LogP contribution in [-0.2, 0) is 6.54 Å². The van der Waals surface area contributed by atoms with Gasteiger partial charge >= 0.3 is 0 Å². The van der Waals surface area contributed by atoms with Crippen molar-refractivity contribution in [3.8, 4) is 0 Å². The molecule has 0 aliphatic carbocycles. The minimum atomic E-state index is -0.221. The van der Waals surface area contributed by atoms with E-state index in [-0.39, 0.29) is 11.9 Å². The molecule has 0 spiro atoms. The SMILES string of the molecule is CC(NC(=O)c1ccc(CN)cn1)c1ccccn1. The molecule has 1 unspecified atom stereocenters. The Labute approximate surface area is 111 Å². The van der Waals surface area contributed by atoms with Crippen LogP contribution in [0.4, 0.5) is 0 Å². The highest BCUT2D eigenvalue weighted by Gasteiger charge is 2.12. The topological polar surface area (TPSA) is 80.9 Å². The summed E-state index contributed by atoms with van der Waals surface area (Å²) in [5.74, 6) is -0.221. The maximum absolute atomic E-state index is 12.0. The van der Waals surface area contributed by atoms with E-state index in [9.17, 15) is 4.79 Å². The van der Waals surface area contributed by atoms with Crippen molar-refractivity contribution in [2.24, 2.45) is 5.73 Å². The first-order valence-corrected chi connectivity index (χ1v) is 6.07. The van der Waals surface area contributed by atoms with Gasteiger partial charge in [-0.05, 0) is 30.7 Å². The molecule has 0 saturated carbocycles. The van der Waals surface area contributed by atoms with Gasteiger partial charge in [-0.3, -0.25) is 14.8 Å². The van der Waals surface area contributed by atoms with E-state index in [1.54, 1.807) is 24.5 Å². The van der Waals surface area contributed by atoms with Crippen molar-refractivity contribution in [2.45, 2.75) is 19.5 Å². The standard InChI is InChI=1S/C14H16N4O/c1-10(12-4-2-3-7-16-12)18-14(19)13-6-5-11(8-15)9-17-13/h2-7,9-10H,8,15H2,1H3,(H,18,19). The van der Waals surface area contributed by atoms with Crippen molar-refractivity contribution in [1.29, 1.82) is 0 Å². The molecule has 2 heterocycles. The Hall–Kier alpha value is -2.27. The van der Waals surface area contributed by atoms with Gasteiger partial charge in [0.1, 0.15) is 5.69 Å². The van der Waals surface area contributed by atoms with Crippen LogP contribution < -0.4 is 11.1 Å². The van der Waals surface area contributed by atoms with Gasteiger partial charge in [0, 0.05) is 18.9 Å². The fourth-order valence-electron chi connectivity index (χ4n) is 1.66. The minimum Gasteiger partial charge on any atom is -0.343 e.